The topological polar surface area (TPSA) is 110 Å². The molecule has 0 amide bonds. The van der Waals surface area contributed by atoms with Crippen LogP contribution >= 0.6 is 0 Å². The van der Waals surface area contributed by atoms with Crippen molar-refractivity contribution in [3.8, 4) is 5.75 Å². The molecule has 6 nitrogen and oxygen atoms in total. The Bertz CT molecular complexity index is 795. The van der Waals surface area contributed by atoms with Gasteiger partial charge in [-0.05, 0) is 78.5 Å². The van der Waals surface area contributed by atoms with Crippen molar-refractivity contribution in [2.24, 2.45) is 22.4 Å². The quantitative estimate of drug-likeness (QED) is 0.733. The predicted octanol–water partition coefficient (Wildman–Crippen LogP) is 1.46. The van der Waals surface area contributed by atoms with E-state index in [4.69, 9.17) is 9.32 Å². The minimum atomic E-state index is -4.01. The van der Waals surface area contributed by atoms with E-state index in [-0.39, 0.29) is 11.2 Å². The molecule has 2 fully saturated rings. The zero-order chi connectivity index (χ0) is 18.0. The molecule has 0 saturated heterocycles. The summed E-state index contributed by atoms with van der Waals surface area (Å²) < 4.78 is 27.1. The summed E-state index contributed by atoms with van der Waals surface area (Å²) in [7, 11) is -4.01. The molecule has 0 spiro atoms. The van der Waals surface area contributed by atoms with Gasteiger partial charge in [0.25, 0.3) is 0 Å². The Morgan fingerprint density at radius 1 is 1.28 bits per heavy atom. The highest BCUT2D eigenvalue weighted by atomic mass is 32.2. The molecule has 0 heterocycles. The second kappa shape index (κ2) is 5.67. The monoisotopic (exact) mass is 367 g/mol. The van der Waals surface area contributed by atoms with Gasteiger partial charge in [-0.15, -0.1) is 0 Å². The Balaban J connectivity index is 1.64. The molecular weight excluding hydrogens is 342 g/mol. The number of hydrogen-bond donors (Lipinski definition) is 3. The minimum Gasteiger partial charge on any atom is -0.390 e. The summed E-state index contributed by atoms with van der Waals surface area (Å²) in [6.45, 7) is 2.12. The van der Waals surface area contributed by atoms with E-state index < -0.39 is 22.5 Å². The van der Waals surface area contributed by atoms with Crippen molar-refractivity contribution in [1.82, 2.24) is 0 Å². The number of aliphatic hydroxyl groups excluding tert-OH is 2. The molecule has 1 aromatic rings. The number of hydrogen-bond acceptors (Lipinski definition) is 5. The van der Waals surface area contributed by atoms with Crippen LogP contribution in [-0.4, -0.2) is 30.8 Å². The molecule has 0 aromatic heterocycles. The third-order valence-corrected chi connectivity index (χ3v) is 7.31. The summed E-state index contributed by atoms with van der Waals surface area (Å²) in [6, 6.07) is 5.40. The van der Waals surface area contributed by atoms with E-state index in [1.54, 1.807) is 12.1 Å². The van der Waals surface area contributed by atoms with Crippen molar-refractivity contribution in [1.29, 1.82) is 0 Å². The van der Waals surface area contributed by atoms with Gasteiger partial charge in [0.15, 0.2) is 0 Å². The molecule has 4 N–H and O–H groups in total. The molecule has 2 saturated carbocycles. The van der Waals surface area contributed by atoms with Gasteiger partial charge in [0.05, 0.1) is 12.2 Å². The van der Waals surface area contributed by atoms with Crippen LogP contribution in [0.2, 0.25) is 0 Å². The first-order valence-corrected chi connectivity index (χ1v) is 10.4. The molecule has 3 unspecified atom stereocenters. The van der Waals surface area contributed by atoms with E-state index in [1.807, 2.05) is 6.07 Å². The van der Waals surface area contributed by atoms with Gasteiger partial charge in [-0.25, -0.2) is 0 Å². The van der Waals surface area contributed by atoms with Crippen molar-refractivity contribution >= 4 is 10.3 Å². The second-order valence-corrected chi connectivity index (χ2v) is 9.30. The van der Waals surface area contributed by atoms with Crippen molar-refractivity contribution in [3.63, 3.8) is 0 Å². The van der Waals surface area contributed by atoms with Crippen LogP contribution in [-0.2, 0) is 16.7 Å². The summed E-state index contributed by atoms with van der Waals surface area (Å²) in [4.78, 5) is 0. The number of benzene rings is 1. The number of aliphatic hydroxyl groups is 2. The van der Waals surface area contributed by atoms with Crippen LogP contribution in [0.4, 0.5) is 0 Å². The minimum absolute atomic E-state index is 0.200. The maximum atomic E-state index is 11.1. The molecule has 4 rings (SSSR count). The van der Waals surface area contributed by atoms with Crippen LogP contribution in [0.1, 0.15) is 49.7 Å². The van der Waals surface area contributed by atoms with E-state index in [0.29, 0.717) is 24.2 Å². The Morgan fingerprint density at radius 2 is 2.04 bits per heavy atom. The van der Waals surface area contributed by atoms with E-state index in [1.165, 1.54) is 5.56 Å². The lowest BCUT2D eigenvalue weighted by molar-refractivity contribution is -0.0505. The highest BCUT2D eigenvalue weighted by molar-refractivity contribution is 7.84. The standard InChI is InChI=1S/C18H25NO5S/c1-18-7-6-13-12-5-3-11(24-25(19,22)23)8-10(12)2-4-14(13)15(18)9-16(20)17(18)21/h3,5,8,13-17,20-21H,2,4,6-7,9H2,1H3,(H2,19,22,23)/t13?,14-,15?,16?,17+,18+/m1/s1. The van der Waals surface area contributed by atoms with Gasteiger partial charge in [0.2, 0.25) is 0 Å². The van der Waals surface area contributed by atoms with Crippen LogP contribution in [0.15, 0.2) is 18.2 Å². The lowest BCUT2D eigenvalue weighted by atomic mass is 9.55. The fourth-order valence-electron chi connectivity index (χ4n) is 5.73. The first-order valence-electron chi connectivity index (χ1n) is 8.90. The molecule has 6 atom stereocenters. The lowest BCUT2D eigenvalue weighted by Gasteiger charge is -2.49. The van der Waals surface area contributed by atoms with Gasteiger partial charge in [-0.2, -0.15) is 13.6 Å². The highest BCUT2D eigenvalue weighted by Gasteiger charge is 2.57. The molecule has 3 aliphatic rings. The number of nitrogens with two attached hydrogens (primary N) is 1. The van der Waals surface area contributed by atoms with Crippen molar-refractivity contribution in [2.75, 3.05) is 0 Å². The van der Waals surface area contributed by atoms with E-state index in [9.17, 15) is 18.6 Å². The average molecular weight is 367 g/mol. The van der Waals surface area contributed by atoms with Crippen LogP contribution in [0.25, 0.3) is 0 Å². The Kier molecular flexibility index (Phi) is 3.92. The molecule has 0 radical (unpaired) electrons. The fourth-order valence-corrected chi connectivity index (χ4v) is 6.10. The normalized spacial score (nSPS) is 40.1. The smallest absolute Gasteiger partial charge is 0.380 e. The summed E-state index contributed by atoms with van der Waals surface area (Å²) in [5.41, 5.74) is 2.16. The van der Waals surface area contributed by atoms with Crippen LogP contribution in [0, 0.1) is 17.3 Å². The van der Waals surface area contributed by atoms with Gasteiger partial charge in [0, 0.05) is 0 Å². The molecule has 0 aliphatic heterocycles. The largest absolute Gasteiger partial charge is 0.390 e. The first-order chi connectivity index (χ1) is 11.7. The zero-order valence-electron chi connectivity index (χ0n) is 14.3. The first kappa shape index (κ1) is 17.3. The molecule has 1 aromatic carbocycles. The molecule has 7 heteroatoms. The Morgan fingerprint density at radius 3 is 2.76 bits per heavy atom. The van der Waals surface area contributed by atoms with Crippen molar-refractivity contribution < 1.29 is 22.8 Å². The average Bonchev–Trinajstić information content (AvgIpc) is 2.76. The molecule has 3 aliphatic carbocycles. The van der Waals surface area contributed by atoms with Gasteiger partial charge < -0.3 is 14.4 Å². The molecule has 25 heavy (non-hydrogen) atoms. The zero-order valence-corrected chi connectivity index (χ0v) is 15.1. The second-order valence-electron chi connectivity index (χ2n) is 8.14. The number of aryl methyl sites for hydroxylation is 1. The molecular formula is C18H25NO5S. The predicted molar refractivity (Wildman–Crippen MR) is 92.2 cm³/mol. The molecule has 0 bridgehead atoms. The maximum Gasteiger partial charge on any atom is 0.380 e. The summed E-state index contributed by atoms with van der Waals surface area (Å²) in [6.07, 6.45) is 3.11. The Hall–Kier alpha value is -1.15. The number of rotatable bonds is 2. The lowest BCUT2D eigenvalue weighted by Crippen LogP contribution is -2.44. The van der Waals surface area contributed by atoms with Gasteiger partial charge in [-0.3, -0.25) is 0 Å². The summed E-state index contributed by atoms with van der Waals surface area (Å²) in [5.74, 6) is 1.42. The number of fused-ring (bicyclic) bond motifs is 5. The summed E-state index contributed by atoms with van der Waals surface area (Å²) in [5, 5.41) is 25.6. The van der Waals surface area contributed by atoms with Gasteiger partial charge in [0.1, 0.15) is 5.75 Å². The van der Waals surface area contributed by atoms with Gasteiger partial charge in [-0.1, -0.05) is 13.0 Å². The van der Waals surface area contributed by atoms with Crippen molar-refractivity contribution in [3.05, 3.63) is 29.3 Å². The third kappa shape index (κ3) is 2.77. The van der Waals surface area contributed by atoms with E-state index >= 15 is 0 Å². The van der Waals surface area contributed by atoms with Crippen LogP contribution in [0.3, 0.4) is 0 Å². The summed E-state index contributed by atoms with van der Waals surface area (Å²) >= 11 is 0. The fraction of sp³-hybridized carbons (Fsp3) is 0.667. The van der Waals surface area contributed by atoms with Crippen molar-refractivity contribution in [2.45, 2.75) is 57.2 Å². The highest BCUT2D eigenvalue weighted by Crippen LogP contribution is 2.60. The SMILES string of the molecule is C[C@]12CCC3c4ccc(OS(N)(=O)=O)cc4CC[C@H]3C1CC(O)[C@@H]2O. The maximum absolute atomic E-state index is 11.1. The Labute approximate surface area is 148 Å². The van der Waals surface area contributed by atoms with Crippen LogP contribution < -0.4 is 9.32 Å². The van der Waals surface area contributed by atoms with Gasteiger partial charge >= 0.3 is 10.3 Å². The third-order valence-electron chi connectivity index (χ3n) is 6.88. The van der Waals surface area contributed by atoms with Crippen LogP contribution in [0.5, 0.6) is 5.75 Å². The molecule has 138 valence electrons. The van der Waals surface area contributed by atoms with E-state index in [2.05, 4.69) is 6.92 Å². The van der Waals surface area contributed by atoms with E-state index in [0.717, 1.165) is 31.2 Å².